The second-order valence-corrected chi connectivity index (χ2v) is 8.13. The van der Waals surface area contributed by atoms with Crippen LogP contribution in [0.5, 0.6) is 0 Å². The minimum absolute atomic E-state index is 0.255. The van der Waals surface area contributed by atoms with E-state index in [0.717, 1.165) is 11.1 Å². The summed E-state index contributed by atoms with van der Waals surface area (Å²) in [6.07, 6.45) is 0.405. The van der Waals surface area contributed by atoms with Crippen molar-refractivity contribution in [2.24, 2.45) is 0 Å². The molecule has 0 aliphatic carbocycles. The summed E-state index contributed by atoms with van der Waals surface area (Å²) in [6.45, 7) is 4.98. The van der Waals surface area contributed by atoms with Gasteiger partial charge in [-0.2, -0.15) is 0 Å². The number of anilines is 1. The molecule has 8 heteroatoms. The van der Waals surface area contributed by atoms with Gasteiger partial charge in [-0.05, 0) is 56.2 Å². The maximum absolute atomic E-state index is 13.0. The quantitative estimate of drug-likeness (QED) is 0.386. The van der Waals surface area contributed by atoms with Crippen LogP contribution >= 0.6 is 0 Å². The van der Waals surface area contributed by atoms with Crippen LogP contribution in [0.3, 0.4) is 0 Å². The molecular formula is C27H25N3O5. The number of benzene rings is 2. The van der Waals surface area contributed by atoms with Crippen LogP contribution in [0.4, 0.5) is 5.69 Å². The van der Waals surface area contributed by atoms with Gasteiger partial charge in [-0.1, -0.05) is 36.4 Å². The van der Waals surface area contributed by atoms with Gasteiger partial charge in [0.1, 0.15) is 5.69 Å². The van der Waals surface area contributed by atoms with Crippen molar-refractivity contribution in [1.29, 1.82) is 0 Å². The standard InChI is InChI=1S/C27H25N3O5/c1-16-8-6-9-17(2)25(16)30-24(31)15-28-26(32)18(3)35-27(33)20-14-22(23-12-7-13-34-23)29-21-11-5-4-10-19(20)21/h4-14,18H,15H2,1-3H3,(H,28,32)(H,30,31). The van der Waals surface area contributed by atoms with E-state index in [1.807, 2.05) is 38.1 Å². The maximum Gasteiger partial charge on any atom is 0.339 e. The van der Waals surface area contributed by atoms with Gasteiger partial charge >= 0.3 is 5.97 Å². The number of amides is 2. The van der Waals surface area contributed by atoms with E-state index in [4.69, 9.17) is 9.15 Å². The van der Waals surface area contributed by atoms with Crippen molar-refractivity contribution in [3.8, 4) is 11.5 Å². The Morgan fingerprint density at radius 2 is 1.74 bits per heavy atom. The molecule has 4 rings (SSSR count). The Bertz CT molecular complexity index is 1380. The SMILES string of the molecule is Cc1cccc(C)c1NC(=O)CNC(=O)C(C)OC(=O)c1cc(-c2ccco2)nc2ccccc12. The third-order valence-corrected chi connectivity index (χ3v) is 5.53. The van der Waals surface area contributed by atoms with E-state index < -0.39 is 18.0 Å². The molecule has 0 radical (unpaired) electrons. The van der Waals surface area contributed by atoms with Crippen molar-refractivity contribution in [2.75, 3.05) is 11.9 Å². The smallest absolute Gasteiger partial charge is 0.339 e. The molecule has 2 aromatic heterocycles. The van der Waals surface area contributed by atoms with Gasteiger partial charge in [-0.25, -0.2) is 9.78 Å². The Hall–Kier alpha value is -4.46. The minimum Gasteiger partial charge on any atom is -0.463 e. The Morgan fingerprint density at radius 3 is 2.46 bits per heavy atom. The number of nitrogens with one attached hydrogen (secondary N) is 2. The molecule has 35 heavy (non-hydrogen) atoms. The lowest BCUT2D eigenvalue weighted by Crippen LogP contribution is -2.40. The molecule has 2 N–H and O–H groups in total. The highest BCUT2D eigenvalue weighted by molar-refractivity contribution is 6.05. The number of nitrogens with zero attached hydrogens (tertiary/aromatic N) is 1. The van der Waals surface area contributed by atoms with Crippen LogP contribution in [0.1, 0.15) is 28.4 Å². The number of ether oxygens (including phenoxy) is 1. The Labute approximate surface area is 202 Å². The lowest BCUT2D eigenvalue weighted by atomic mass is 10.1. The fraction of sp³-hybridized carbons (Fsp3) is 0.185. The molecule has 0 saturated carbocycles. The number of furan rings is 1. The number of aryl methyl sites for hydroxylation is 2. The van der Waals surface area contributed by atoms with E-state index in [-0.39, 0.29) is 18.0 Å². The van der Waals surface area contributed by atoms with Crippen LogP contribution in [0.25, 0.3) is 22.4 Å². The average molecular weight is 472 g/mol. The zero-order chi connectivity index (χ0) is 24.9. The first-order chi connectivity index (χ1) is 16.8. The van der Waals surface area contributed by atoms with E-state index in [1.54, 1.807) is 36.4 Å². The predicted molar refractivity (Wildman–Crippen MR) is 132 cm³/mol. The molecule has 4 aromatic rings. The van der Waals surface area contributed by atoms with Gasteiger partial charge in [0, 0.05) is 11.1 Å². The molecule has 1 atom stereocenters. The van der Waals surface area contributed by atoms with Gasteiger partial charge in [0.2, 0.25) is 5.91 Å². The second-order valence-electron chi connectivity index (χ2n) is 8.13. The lowest BCUT2D eigenvalue weighted by Gasteiger charge is -2.15. The molecule has 2 aromatic carbocycles. The molecule has 8 nitrogen and oxygen atoms in total. The fourth-order valence-electron chi connectivity index (χ4n) is 3.68. The lowest BCUT2D eigenvalue weighted by molar-refractivity contribution is -0.130. The summed E-state index contributed by atoms with van der Waals surface area (Å²) >= 11 is 0. The molecule has 178 valence electrons. The Balaban J connectivity index is 1.42. The Morgan fingerprint density at radius 1 is 1.00 bits per heavy atom. The van der Waals surface area contributed by atoms with Crippen LogP contribution in [0.15, 0.2) is 71.3 Å². The van der Waals surface area contributed by atoms with Gasteiger partial charge in [0.15, 0.2) is 11.9 Å². The molecule has 0 spiro atoms. The first-order valence-electron chi connectivity index (χ1n) is 11.1. The Kier molecular flexibility index (Phi) is 6.91. The minimum atomic E-state index is -1.12. The largest absolute Gasteiger partial charge is 0.463 e. The van der Waals surface area contributed by atoms with E-state index in [9.17, 15) is 14.4 Å². The van der Waals surface area contributed by atoms with Crippen molar-refractivity contribution in [3.63, 3.8) is 0 Å². The molecule has 0 aliphatic heterocycles. The highest BCUT2D eigenvalue weighted by Crippen LogP contribution is 2.26. The third-order valence-electron chi connectivity index (χ3n) is 5.53. The number of aromatic nitrogens is 1. The van der Waals surface area contributed by atoms with Gasteiger partial charge in [-0.15, -0.1) is 0 Å². The molecular weight excluding hydrogens is 446 g/mol. The number of esters is 1. The van der Waals surface area contributed by atoms with E-state index in [2.05, 4.69) is 15.6 Å². The van der Waals surface area contributed by atoms with Crippen molar-refractivity contribution in [3.05, 3.63) is 83.6 Å². The van der Waals surface area contributed by atoms with E-state index in [1.165, 1.54) is 13.2 Å². The number of pyridine rings is 1. The second kappa shape index (κ2) is 10.2. The molecule has 0 bridgehead atoms. The molecule has 0 fully saturated rings. The molecule has 1 unspecified atom stereocenters. The summed E-state index contributed by atoms with van der Waals surface area (Å²) in [5, 5.41) is 5.91. The number of carbonyl (C=O) groups is 3. The fourth-order valence-corrected chi connectivity index (χ4v) is 3.68. The summed E-state index contributed by atoms with van der Waals surface area (Å²) in [7, 11) is 0. The first kappa shape index (κ1) is 23.7. The highest BCUT2D eigenvalue weighted by Gasteiger charge is 2.22. The first-order valence-corrected chi connectivity index (χ1v) is 11.1. The van der Waals surface area contributed by atoms with Gasteiger partial charge in [0.25, 0.3) is 5.91 Å². The molecule has 2 amide bonds. The van der Waals surface area contributed by atoms with E-state index >= 15 is 0 Å². The van der Waals surface area contributed by atoms with Crippen molar-refractivity contribution in [1.82, 2.24) is 10.3 Å². The highest BCUT2D eigenvalue weighted by atomic mass is 16.5. The van der Waals surface area contributed by atoms with Crippen LogP contribution in [0.2, 0.25) is 0 Å². The molecule has 0 aliphatic rings. The maximum atomic E-state index is 13.0. The van der Waals surface area contributed by atoms with Crippen LogP contribution in [-0.2, 0) is 14.3 Å². The van der Waals surface area contributed by atoms with Crippen LogP contribution < -0.4 is 10.6 Å². The third kappa shape index (κ3) is 5.38. The normalized spacial score (nSPS) is 11.6. The zero-order valence-electron chi connectivity index (χ0n) is 19.6. The van der Waals surface area contributed by atoms with Crippen molar-refractivity contribution in [2.45, 2.75) is 26.9 Å². The topological polar surface area (TPSA) is 111 Å². The van der Waals surface area contributed by atoms with Crippen LogP contribution in [-0.4, -0.2) is 35.4 Å². The van der Waals surface area contributed by atoms with E-state index in [0.29, 0.717) is 28.0 Å². The predicted octanol–water partition coefficient (Wildman–Crippen LogP) is 4.41. The molecule has 2 heterocycles. The van der Waals surface area contributed by atoms with Gasteiger partial charge in [-0.3, -0.25) is 9.59 Å². The summed E-state index contributed by atoms with van der Waals surface area (Å²) in [5.41, 5.74) is 3.88. The summed E-state index contributed by atoms with van der Waals surface area (Å²) < 4.78 is 10.8. The number of carbonyl (C=O) groups excluding carboxylic acids is 3. The number of hydrogen-bond donors (Lipinski definition) is 2. The molecule has 0 saturated heterocycles. The number of hydrogen-bond acceptors (Lipinski definition) is 6. The summed E-state index contributed by atoms with van der Waals surface area (Å²) in [6, 6.07) is 17.9. The summed E-state index contributed by atoms with van der Waals surface area (Å²) in [4.78, 5) is 42.4. The number of rotatable bonds is 7. The number of fused-ring (bicyclic) bond motifs is 1. The number of para-hydroxylation sites is 2. The van der Waals surface area contributed by atoms with Crippen molar-refractivity contribution >= 4 is 34.4 Å². The van der Waals surface area contributed by atoms with Crippen molar-refractivity contribution < 1.29 is 23.5 Å². The van der Waals surface area contributed by atoms with Crippen LogP contribution in [0, 0.1) is 13.8 Å². The zero-order valence-corrected chi connectivity index (χ0v) is 19.6. The van der Waals surface area contributed by atoms with Gasteiger partial charge < -0.3 is 19.8 Å². The monoisotopic (exact) mass is 471 g/mol. The van der Waals surface area contributed by atoms with Gasteiger partial charge in [0.05, 0.1) is 23.9 Å². The average Bonchev–Trinajstić information content (AvgIpc) is 3.39. The summed E-state index contributed by atoms with van der Waals surface area (Å²) in [5.74, 6) is -1.14.